The van der Waals surface area contributed by atoms with E-state index >= 15 is 0 Å². The predicted molar refractivity (Wildman–Crippen MR) is 144 cm³/mol. The maximum absolute atomic E-state index is 14.2. The van der Waals surface area contributed by atoms with Crippen LogP contribution in [0.2, 0.25) is 0 Å². The molecule has 3 aliphatic rings. The van der Waals surface area contributed by atoms with Gasteiger partial charge in [0.1, 0.15) is 29.0 Å². The second-order valence-corrected chi connectivity index (χ2v) is 9.79. The molecule has 1 saturated carbocycles. The molecule has 9 heteroatoms. The van der Waals surface area contributed by atoms with Crippen LogP contribution in [-0.2, 0) is 6.54 Å². The minimum absolute atomic E-state index is 0.142. The summed E-state index contributed by atoms with van der Waals surface area (Å²) in [6, 6.07) is 3.93. The lowest BCUT2D eigenvalue weighted by atomic mass is 10.0. The average Bonchev–Trinajstić information content (AvgIpc) is 3.77. The van der Waals surface area contributed by atoms with Crippen LogP contribution in [0.4, 0.5) is 20.3 Å². The molecule has 3 N–H and O–H groups in total. The van der Waals surface area contributed by atoms with E-state index in [0.29, 0.717) is 24.7 Å². The molecule has 0 aromatic carbocycles. The zero-order valence-corrected chi connectivity index (χ0v) is 20.9. The second-order valence-electron chi connectivity index (χ2n) is 9.79. The third-order valence-electron chi connectivity index (χ3n) is 6.99. The molecule has 0 spiro atoms. The van der Waals surface area contributed by atoms with E-state index in [1.807, 2.05) is 12.3 Å². The number of hydrogen-bond acceptors (Lipinski definition) is 6. The fourth-order valence-corrected chi connectivity index (χ4v) is 4.85. The van der Waals surface area contributed by atoms with Crippen LogP contribution in [0, 0.1) is 0 Å². The minimum atomic E-state index is -0.590. The fraction of sp³-hybridized carbons (Fsp3) is 0.429. The van der Waals surface area contributed by atoms with Crippen molar-refractivity contribution in [3.05, 3.63) is 70.8 Å². The molecule has 1 saturated heterocycles. The Morgan fingerprint density at radius 2 is 2.05 bits per heavy atom. The van der Waals surface area contributed by atoms with Crippen molar-refractivity contribution in [1.82, 2.24) is 20.6 Å². The number of anilines is 1. The minimum Gasteiger partial charge on any atom is -0.367 e. The molecule has 7 nitrogen and oxygen atoms in total. The fourth-order valence-electron chi connectivity index (χ4n) is 4.85. The summed E-state index contributed by atoms with van der Waals surface area (Å²) in [6.45, 7) is 6.13. The second kappa shape index (κ2) is 11.7. The summed E-state index contributed by atoms with van der Waals surface area (Å²) in [5.74, 6) is 0.548. The summed E-state index contributed by atoms with van der Waals surface area (Å²) < 4.78 is 28.4. The summed E-state index contributed by atoms with van der Waals surface area (Å²) in [5, 5.41) is 10.00. The van der Waals surface area contributed by atoms with Crippen molar-refractivity contribution >= 4 is 24.1 Å². The third kappa shape index (κ3) is 6.28. The van der Waals surface area contributed by atoms with E-state index in [-0.39, 0.29) is 18.2 Å². The number of rotatable bonds is 8. The Hall–Kier alpha value is -3.46. The van der Waals surface area contributed by atoms with Gasteiger partial charge in [-0.3, -0.25) is 15.0 Å². The van der Waals surface area contributed by atoms with Gasteiger partial charge in [-0.25, -0.2) is 13.8 Å². The van der Waals surface area contributed by atoms with Crippen molar-refractivity contribution < 1.29 is 8.78 Å². The van der Waals surface area contributed by atoms with Gasteiger partial charge in [0.15, 0.2) is 0 Å². The van der Waals surface area contributed by atoms with E-state index in [1.54, 1.807) is 18.5 Å². The zero-order chi connectivity index (χ0) is 25.6. The highest BCUT2D eigenvalue weighted by molar-refractivity contribution is 6.04. The van der Waals surface area contributed by atoms with Crippen LogP contribution in [0.3, 0.4) is 0 Å². The molecular weight excluding hydrogens is 472 g/mol. The van der Waals surface area contributed by atoms with Gasteiger partial charge >= 0.3 is 0 Å². The predicted octanol–water partition coefficient (Wildman–Crippen LogP) is 5.60. The van der Waals surface area contributed by atoms with Crippen LogP contribution in [0.5, 0.6) is 0 Å². The van der Waals surface area contributed by atoms with Crippen LogP contribution in [-0.4, -0.2) is 41.7 Å². The van der Waals surface area contributed by atoms with E-state index in [4.69, 9.17) is 4.99 Å². The molecule has 2 fully saturated rings. The first-order valence-electron chi connectivity index (χ1n) is 13.1. The molecule has 1 unspecified atom stereocenters. The highest BCUT2D eigenvalue weighted by Gasteiger charge is 2.30. The summed E-state index contributed by atoms with van der Waals surface area (Å²) >= 11 is 0. The van der Waals surface area contributed by atoms with Crippen LogP contribution >= 0.6 is 0 Å². The highest BCUT2D eigenvalue weighted by Crippen LogP contribution is 2.43. The first kappa shape index (κ1) is 25.2. The lowest BCUT2D eigenvalue weighted by molar-refractivity contribution is 0.543. The Balaban J connectivity index is 1.44. The summed E-state index contributed by atoms with van der Waals surface area (Å²) in [5.41, 5.74) is 3.58. The number of aliphatic imine (C=N–C) groups is 2. The largest absolute Gasteiger partial charge is 0.367 e. The van der Waals surface area contributed by atoms with Gasteiger partial charge in [0.25, 0.3) is 0 Å². The lowest BCUT2D eigenvalue weighted by Gasteiger charge is -2.22. The Morgan fingerprint density at radius 3 is 2.86 bits per heavy atom. The van der Waals surface area contributed by atoms with Crippen molar-refractivity contribution in [3.63, 3.8) is 0 Å². The van der Waals surface area contributed by atoms with Gasteiger partial charge < -0.3 is 16.0 Å². The van der Waals surface area contributed by atoms with Crippen molar-refractivity contribution in [2.24, 2.45) is 9.98 Å². The molecule has 3 heterocycles. The molecule has 37 heavy (non-hydrogen) atoms. The molecule has 2 aromatic rings. The molecule has 1 aliphatic heterocycles. The van der Waals surface area contributed by atoms with Crippen molar-refractivity contribution in [3.8, 4) is 0 Å². The molecule has 0 bridgehead atoms. The Labute approximate surface area is 216 Å². The van der Waals surface area contributed by atoms with E-state index < -0.39 is 11.7 Å². The van der Waals surface area contributed by atoms with E-state index in [9.17, 15) is 8.78 Å². The van der Waals surface area contributed by atoms with Crippen molar-refractivity contribution in [2.45, 2.75) is 63.5 Å². The molecule has 1 atom stereocenters. The van der Waals surface area contributed by atoms with Gasteiger partial charge in [0.2, 0.25) is 0 Å². The van der Waals surface area contributed by atoms with Gasteiger partial charge in [-0.2, -0.15) is 0 Å². The number of nitrogens with zero attached hydrogens (tertiary/aromatic N) is 4. The Morgan fingerprint density at radius 1 is 1.16 bits per heavy atom. The third-order valence-corrected chi connectivity index (χ3v) is 6.99. The van der Waals surface area contributed by atoms with Crippen LogP contribution in [0.1, 0.15) is 67.6 Å². The molecular formula is C28H33F2N7. The number of allylic oxidation sites excluding steroid dienone is 3. The molecule has 0 amide bonds. The number of nitrogens with one attached hydrogen (secondary N) is 3. The average molecular weight is 506 g/mol. The zero-order valence-electron chi connectivity index (χ0n) is 20.9. The first-order chi connectivity index (χ1) is 18.1. The molecule has 2 aromatic heterocycles. The Kier molecular flexibility index (Phi) is 7.99. The monoisotopic (exact) mass is 505 g/mol. The van der Waals surface area contributed by atoms with Gasteiger partial charge in [0.05, 0.1) is 18.4 Å². The van der Waals surface area contributed by atoms with Gasteiger partial charge in [0, 0.05) is 30.4 Å². The van der Waals surface area contributed by atoms with E-state index in [2.05, 4.69) is 37.6 Å². The smallest absolute Gasteiger partial charge is 0.145 e. The number of aromatic nitrogens is 2. The molecule has 194 valence electrons. The van der Waals surface area contributed by atoms with Crippen molar-refractivity contribution in [1.29, 1.82) is 0 Å². The van der Waals surface area contributed by atoms with E-state index in [0.717, 1.165) is 73.4 Å². The van der Waals surface area contributed by atoms with Crippen LogP contribution in [0.25, 0.3) is 0 Å². The van der Waals surface area contributed by atoms with Gasteiger partial charge in [-0.1, -0.05) is 0 Å². The normalized spacial score (nSPS) is 20.8. The van der Waals surface area contributed by atoms with Crippen LogP contribution in [0.15, 0.2) is 64.1 Å². The summed E-state index contributed by atoms with van der Waals surface area (Å²) in [7, 11) is 0. The van der Waals surface area contributed by atoms with Gasteiger partial charge in [-0.15, -0.1) is 0 Å². The molecule has 5 rings (SSSR count). The van der Waals surface area contributed by atoms with Gasteiger partial charge in [-0.05, 0) is 93.6 Å². The standard InChI is InChI=1S/C28H33F2N7/c1-31-24-17-33-16-21(19-7-8-19)26(24)28(36-20-4-3-11-32-12-10-20)35-15-18-9-13-34-25(14-18)37-27-22(29)5-2-6-23(27)30/h5,9,13-14,16-17,19-20,32H,1-4,6-8,10-12,15H2,(H,34,37)(H,35,36). The Bertz CT molecular complexity index is 1220. The van der Waals surface area contributed by atoms with Crippen molar-refractivity contribution in [2.75, 3.05) is 18.4 Å². The molecule has 0 radical (unpaired) electrons. The topological polar surface area (TPSA) is 86.6 Å². The lowest BCUT2D eigenvalue weighted by Crippen LogP contribution is -2.36. The van der Waals surface area contributed by atoms with Crippen LogP contribution < -0.4 is 16.0 Å². The maximum atomic E-state index is 14.2. The number of pyridine rings is 2. The highest BCUT2D eigenvalue weighted by atomic mass is 19.1. The number of hydrogen-bond donors (Lipinski definition) is 3. The summed E-state index contributed by atoms with van der Waals surface area (Å²) in [4.78, 5) is 18.0. The van der Waals surface area contributed by atoms with E-state index in [1.165, 1.54) is 6.08 Å². The first-order valence-corrected chi connectivity index (χ1v) is 13.1. The SMILES string of the molecule is C=Nc1cncc(C2CC2)c1C(=NCc1ccnc(NC2=C(F)CCC=C2F)c1)NC1CCCNCC1. The summed E-state index contributed by atoms with van der Waals surface area (Å²) in [6.07, 6.45) is 12.6. The number of amidine groups is 1. The molecule has 2 aliphatic carbocycles. The maximum Gasteiger partial charge on any atom is 0.145 e. The number of halogens is 2. The quantitative estimate of drug-likeness (QED) is 0.321.